The number of nitrogens with zero attached hydrogens (tertiary/aromatic N) is 4. The molecule has 5 heteroatoms. The van der Waals surface area contributed by atoms with Gasteiger partial charge in [0.25, 0.3) is 0 Å². The molecule has 2 aromatic heterocycles. The van der Waals surface area contributed by atoms with Crippen molar-refractivity contribution in [2.75, 3.05) is 0 Å². The summed E-state index contributed by atoms with van der Waals surface area (Å²) in [5.74, 6) is 0.697. The molecule has 0 spiro atoms. The maximum absolute atomic E-state index is 12.7. The topological polar surface area (TPSA) is 52.7 Å². The number of benzene rings is 8. The minimum Gasteiger partial charge on any atom is -0.295 e. The van der Waals surface area contributed by atoms with Gasteiger partial charge < -0.3 is 0 Å². The molecule has 0 unspecified atom stereocenters. The van der Waals surface area contributed by atoms with Crippen LogP contribution in [0, 0.1) is 0 Å². The predicted octanol–water partition coefficient (Wildman–Crippen LogP) is 12.0. The largest absolute Gasteiger partial charge is 0.328 e. The molecule has 0 N–H and O–H groups in total. The third kappa shape index (κ3) is 5.60. The van der Waals surface area contributed by atoms with Crippen LogP contribution in [0.5, 0.6) is 0 Å². The maximum Gasteiger partial charge on any atom is 0.328 e. The van der Waals surface area contributed by atoms with Gasteiger partial charge in [-0.05, 0) is 85.3 Å². The van der Waals surface area contributed by atoms with Crippen molar-refractivity contribution in [3.8, 4) is 67.3 Å². The van der Waals surface area contributed by atoms with Gasteiger partial charge in [0.15, 0.2) is 5.82 Å². The van der Waals surface area contributed by atoms with E-state index in [0.29, 0.717) is 5.82 Å². The summed E-state index contributed by atoms with van der Waals surface area (Å²) in [4.78, 5) is 22.9. The Kier molecular flexibility index (Phi) is 8.00. The molecular weight excluding hydrogens is 685 g/mol. The Labute approximate surface area is 324 Å². The number of rotatable bonds is 6. The number of aromatic nitrogens is 4. The minimum atomic E-state index is -0.0274. The molecule has 266 valence electrons. The zero-order valence-electron chi connectivity index (χ0n) is 31.0. The number of imidazole rings is 1. The SMILES string of the molecule is Cn1c(=O)n(C)c2cc(-c3cccc(-c4c5ccccc5c(-c5cccc(-c6cc(-c7ccccc7)nc(-c7ccccc7)n6)c5)c5ccccc45)c3)ccc21. The minimum absolute atomic E-state index is 0.0274. The van der Waals surface area contributed by atoms with Crippen molar-refractivity contribution in [3.05, 3.63) is 192 Å². The molecule has 0 aliphatic rings. The first kappa shape index (κ1) is 33.2. The van der Waals surface area contributed by atoms with Crippen molar-refractivity contribution in [3.63, 3.8) is 0 Å². The van der Waals surface area contributed by atoms with E-state index in [1.807, 2.05) is 56.6 Å². The predicted molar refractivity (Wildman–Crippen MR) is 231 cm³/mol. The van der Waals surface area contributed by atoms with Crippen LogP contribution < -0.4 is 5.69 Å². The van der Waals surface area contributed by atoms with Gasteiger partial charge in [-0.1, -0.05) is 152 Å². The van der Waals surface area contributed by atoms with Gasteiger partial charge in [-0.25, -0.2) is 14.8 Å². The second-order valence-electron chi connectivity index (χ2n) is 14.3. The lowest BCUT2D eigenvalue weighted by atomic mass is 9.85. The quantitative estimate of drug-likeness (QED) is 0.161. The smallest absolute Gasteiger partial charge is 0.295 e. The Morgan fingerprint density at radius 1 is 0.357 bits per heavy atom. The van der Waals surface area contributed by atoms with E-state index in [9.17, 15) is 4.79 Å². The van der Waals surface area contributed by atoms with E-state index in [1.54, 1.807) is 9.13 Å². The number of fused-ring (bicyclic) bond motifs is 3. The molecule has 0 amide bonds. The van der Waals surface area contributed by atoms with Gasteiger partial charge in [0.05, 0.1) is 22.4 Å². The summed E-state index contributed by atoms with van der Waals surface area (Å²) >= 11 is 0. The van der Waals surface area contributed by atoms with E-state index in [-0.39, 0.29) is 5.69 Å². The molecule has 10 aromatic rings. The third-order valence-corrected chi connectivity index (χ3v) is 11.0. The summed E-state index contributed by atoms with van der Waals surface area (Å²) in [5, 5.41) is 4.73. The summed E-state index contributed by atoms with van der Waals surface area (Å²) in [6.45, 7) is 0. The van der Waals surface area contributed by atoms with Crippen molar-refractivity contribution in [1.82, 2.24) is 19.1 Å². The molecule has 0 saturated heterocycles. The average molecular weight is 721 g/mol. The highest BCUT2D eigenvalue weighted by molar-refractivity contribution is 6.21. The fraction of sp³-hybridized carbons (Fsp3) is 0.0392. The molecule has 56 heavy (non-hydrogen) atoms. The highest BCUT2D eigenvalue weighted by Crippen LogP contribution is 2.45. The zero-order chi connectivity index (χ0) is 37.8. The normalized spacial score (nSPS) is 11.5. The molecule has 0 bridgehead atoms. The summed E-state index contributed by atoms with van der Waals surface area (Å²) < 4.78 is 3.41. The second kappa shape index (κ2) is 13.5. The van der Waals surface area contributed by atoms with Crippen LogP contribution in [0.3, 0.4) is 0 Å². The molecule has 0 radical (unpaired) electrons. The molecule has 0 fully saturated rings. The second-order valence-corrected chi connectivity index (χ2v) is 14.3. The van der Waals surface area contributed by atoms with Crippen LogP contribution in [0.1, 0.15) is 0 Å². The van der Waals surface area contributed by atoms with Crippen molar-refractivity contribution in [1.29, 1.82) is 0 Å². The summed E-state index contributed by atoms with van der Waals surface area (Å²) in [6, 6.07) is 63.9. The van der Waals surface area contributed by atoms with Crippen LogP contribution in [0.4, 0.5) is 0 Å². The van der Waals surface area contributed by atoms with E-state index in [4.69, 9.17) is 9.97 Å². The Bertz CT molecular complexity index is 3060. The fourth-order valence-electron chi connectivity index (χ4n) is 8.19. The molecule has 0 aliphatic carbocycles. The summed E-state index contributed by atoms with van der Waals surface area (Å²) in [6.07, 6.45) is 0. The van der Waals surface area contributed by atoms with Gasteiger partial charge in [0, 0.05) is 30.8 Å². The first-order valence-corrected chi connectivity index (χ1v) is 18.8. The highest BCUT2D eigenvalue weighted by Gasteiger charge is 2.19. The Hall–Kier alpha value is -7.37. The Morgan fingerprint density at radius 2 is 0.786 bits per heavy atom. The van der Waals surface area contributed by atoms with E-state index < -0.39 is 0 Å². The molecule has 8 aromatic carbocycles. The van der Waals surface area contributed by atoms with E-state index >= 15 is 0 Å². The van der Waals surface area contributed by atoms with Gasteiger partial charge in [0.2, 0.25) is 0 Å². The van der Waals surface area contributed by atoms with Crippen molar-refractivity contribution in [2.24, 2.45) is 14.1 Å². The molecule has 2 heterocycles. The van der Waals surface area contributed by atoms with Gasteiger partial charge in [-0.15, -0.1) is 0 Å². The molecule has 0 aliphatic heterocycles. The van der Waals surface area contributed by atoms with Crippen molar-refractivity contribution >= 4 is 32.6 Å². The van der Waals surface area contributed by atoms with Crippen LogP contribution in [-0.4, -0.2) is 19.1 Å². The first-order chi connectivity index (χ1) is 27.5. The third-order valence-electron chi connectivity index (χ3n) is 11.0. The lowest BCUT2D eigenvalue weighted by Crippen LogP contribution is -2.19. The number of hydrogen-bond acceptors (Lipinski definition) is 3. The van der Waals surface area contributed by atoms with E-state index in [1.165, 1.54) is 32.7 Å². The zero-order valence-corrected chi connectivity index (χ0v) is 31.0. The lowest BCUT2D eigenvalue weighted by molar-refractivity contribution is 0.795. The standard InChI is InChI=1S/C51H36N4O/c1-54-46-28-27-36(31-47(46)55(2)51(54)56)35-19-13-21-38(29-35)48-40-23-9-11-25-42(40)49(43-26-12-10-24-41(43)48)39-22-14-20-37(30-39)45-32-44(33-15-5-3-6-16-33)52-50(53-45)34-17-7-4-8-18-34/h3-32H,1-2H3. The highest BCUT2D eigenvalue weighted by atomic mass is 16.1. The molecule has 0 atom stereocenters. The van der Waals surface area contributed by atoms with Crippen LogP contribution in [0.15, 0.2) is 187 Å². The monoisotopic (exact) mass is 720 g/mol. The average Bonchev–Trinajstić information content (AvgIpc) is 3.48. The molecular formula is C51H36N4O. The van der Waals surface area contributed by atoms with Crippen LogP contribution >= 0.6 is 0 Å². The van der Waals surface area contributed by atoms with E-state index in [2.05, 4.69) is 140 Å². The van der Waals surface area contributed by atoms with Crippen molar-refractivity contribution in [2.45, 2.75) is 0 Å². The van der Waals surface area contributed by atoms with Crippen LogP contribution in [0.25, 0.3) is 99.9 Å². The molecule has 5 nitrogen and oxygen atoms in total. The van der Waals surface area contributed by atoms with Gasteiger partial charge in [-0.2, -0.15) is 0 Å². The van der Waals surface area contributed by atoms with Gasteiger partial charge in [-0.3, -0.25) is 9.13 Å². The number of aryl methyl sites for hydroxylation is 2. The lowest BCUT2D eigenvalue weighted by Gasteiger charge is -2.18. The first-order valence-electron chi connectivity index (χ1n) is 18.8. The Morgan fingerprint density at radius 3 is 1.38 bits per heavy atom. The maximum atomic E-state index is 12.7. The van der Waals surface area contributed by atoms with E-state index in [0.717, 1.165) is 61.4 Å². The van der Waals surface area contributed by atoms with Gasteiger partial charge >= 0.3 is 5.69 Å². The molecule has 0 saturated carbocycles. The number of hydrogen-bond donors (Lipinski definition) is 0. The summed E-state index contributed by atoms with van der Waals surface area (Å²) in [5.41, 5.74) is 13.4. The fourth-order valence-corrected chi connectivity index (χ4v) is 8.19. The molecule has 10 rings (SSSR count). The summed E-state index contributed by atoms with van der Waals surface area (Å²) in [7, 11) is 3.65. The van der Waals surface area contributed by atoms with Gasteiger partial charge in [0.1, 0.15) is 0 Å². The van der Waals surface area contributed by atoms with Crippen molar-refractivity contribution < 1.29 is 0 Å². The van der Waals surface area contributed by atoms with Crippen LogP contribution in [-0.2, 0) is 14.1 Å². The Balaban J connectivity index is 1.14. The van der Waals surface area contributed by atoms with Crippen LogP contribution in [0.2, 0.25) is 0 Å².